The van der Waals surface area contributed by atoms with Crippen LogP contribution in [0.2, 0.25) is 0 Å². The van der Waals surface area contributed by atoms with Crippen LogP contribution in [0.3, 0.4) is 0 Å². The van der Waals surface area contributed by atoms with E-state index in [0.717, 1.165) is 33.6 Å². The van der Waals surface area contributed by atoms with Crippen molar-refractivity contribution < 1.29 is 0 Å². The lowest BCUT2D eigenvalue weighted by Crippen LogP contribution is -1.88. The quantitative estimate of drug-likeness (QED) is 0.459. The fraction of sp³-hybridized carbons (Fsp3) is 0.125. The average Bonchev–Trinajstić information content (AvgIpc) is 2.74. The topological polar surface area (TPSA) is 53.9 Å². The van der Waals surface area contributed by atoms with Crippen LogP contribution in [-0.2, 0) is 0 Å². The lowest BCUT2D eigenvalue weighted by molar-refractivity contribution is 1.21. The van der Waals surface area contributed by atoms with Crippen LogP contribution in [-0.4, -0.2) is 9.97 Å². The Labute approximate surface area is 116 Å². The Hall–Kier alpha value is -2.98. The van der Waals surface area contributed by atoms with E-state index in [0.29, 0.717) is 5.57 Å². The lowest BCUT2D eigenvalue weighted by atomic mass is 10.0. The highest BCUT2D eigenvalue weighted by Gasteiger charge is 2.28. The van der Waals surface area contributed by atoms with Crippen molar-refractivity contribution in [3.8, 4) is 17.5 Å². The Morgan fingerprint density at radius 1 is 1.10 bits per heavy atom. The minimum atomic E-state index is 0.0878. The van der Waals surface area contributed by atoms with Crippen LogP contribution in [0, 0.1) is 31.8 Å². The molecule has 1 aliphatic rings. The molecule has 0 aliphatic heterocycles. The van der Waals surface area contributed by atoms with Crippen molar-refractivity contribution in [3.05, 3.63) is 63.9 Å². The third-order valence-corrected chi connectivity index (χ3v) is 3.27. The molecule has 0 atom stereocenters. The van der Waals surface area contributed by atoms with Crippen LogP contribution in [0.15, 0.2) is 30.2 Å². The maximum atomic E-state index is 9.21. The predicted molar refractivity (Wildman–Crippen MR) is 75.2 cm³/mol. The minimum Gasteiger partial charge on any atom is -0.254 e. The summed E-state index contributed by atoms with van der Waals surface area (Å²) in [6.07, 6.45) is 3.55. The van der Waals surface area contributed by atoms with E-state index in [-0.39, 0.29) is 5.70 Å². The van der Waals surface area contributed by atoms with Gasteiger partial charge in [-0.2, -0.15) is 0 Å². The number of aromatic nitrogens is 2. The highest BCUT2D eigenvalue weighted by atomic mass is 14.8. The van der Waals surface area contributed by atoms with E-state index >= 15 is 0 Å². The van der Waals surface area contributed by atoms with Gasteiger partial charge >= 0.3 is 0 Å². The fourth-order valence-electron chi connectivity index (χ4n) is 2.43. The van der Waals surface area contributed by atoms with Crippen LogP contribution < -0.4 is 0 Å². The van der Waals surface area contributed by atoms with Crippen molar-refractivity contribution in [3.63, 3.8) is 0 Å². The van der Waals surface area contributed by atoms with Gasteiger partial charge in [-0.15, -0.1) is 0 Å². The van der Waals surface area contributed by atoms with Gasteiger partial charge in [-0.1, -0.05) is 0 Å². The molecule has 0 saturated carbocycles. The van der Waals surface area contributed by atoms with E-state index in [1.54, 1.807) is 12.4 Å². The molecular weight excluding hydrogens is 248 g/mol. The maximum Gasteiger partial charge on any atom is 0.270 e. The molecule has 2 heterocycles. The first kappa shape index (κ1) is 12.1. The Morgan fingerprint density at radius 3 is 2.00 bits per heavy atom. The molecular formula is C16H10N4. The predicted octanol–water partition coefficient (Wildman–Crippen LogP) is 3.28. The normalized spacial score (nSPS) is 11.3. The molecule has 0 spiro atoms. The van der Waals surface area contributed by atoms with Crippen molar-refractivity contribution in [1.29, 1.82) is 5.26 Å². The van der Waals surface area contributed by atoms with E-state index < -0.39 is 0 Å². The Kier molecular flexibility index (Phi) is 2.59. The molecule has 0 bridgehead atoms. The molecule has 0 radical (unpaired) electrons. The van der Waals surface area contributed by atoms with Gasteiger partial charge in [0.25, 0.3) is 5.70 Å². The molecule has 4 heteroatoms. The SMILES string of the molecule is [C-]#[N+]C(C#N)=C1c2cc(C)cnc2-c2ncc(C)cc21. The summed E-state index contributed by atoms with van der Waals surface area (Å²) in [5.74, 6) is 0. The Bertz CT molecular complexity index is 778. The number of allylic oxidation sites excluding steroid dienone is 1. The molecule has 0 N–H and O–H groups in total. The van der Waals surface area contributed by atoms with E-state index in [1.165, 1.54) is 0 Å². The van der Waals surface area contributed by atoms with Gasteiger partial charge in [0.1, 0.15) is 0 Å². The molecule has 0 fully saturated rings. The van der Waals surface area contributed by atoms with Gasteiger partial charge in [0.2, 0.25) is 0 Å². The summed E-state index contributed by atoms with van der Waals surface area (Å²) in [5.41, 5.74) is 5.87. The zero-order valence-corrected chi connectivity index (χ0v) is 11.1. The van der Waals surface area contributed by atoms with Crippen LogP contribution in [0.1, 0.15) is 22.3 Å². The summed E-state index contributed by atoms with van der Waals surface area (Å²) in [7, 11) is 0. The zero-order chi connectivity index (χ0) is 14.3. The van der Waals surface area contributed by atoms with E-state index in [2.05, 4.69) is 14.8 Å². The molecule has 0 amide bonds. The highest BCUT2D eigenvalue weighted by Crippen LogP contribution is 2.44. The standard InChI is InChI=1S/C16H10N4/c1-9-4-11-14(13(6-17)18-3)12-5-10(2)8-20-16(12)15(11)19-7-9/h4-5,7-8H,1-2H3. The van der Waals surface area contributed by atoms with Crippen LogP contribution in [0.4, 0.5) is 0 Å². The largest absolute Gasteiger partial charge is 0.270 e. The smallest absolute Gasteiger partial charge is 0.254 e. The second-order valence-electron chi connectivity index (χ2n) is 4.76. The van der Waals surface area contributed by atoms with E-state index in [9.17, 15) is 5.26 Å². The van der Waals surface area contributed by atoms with Crippen molar-refractivity contribution in [2.24, 2.45) is 0 Å². The molecule has 20 heavy (non-hydrogen) atoms. The van der Waals surface area contributed by atoms with Gasteiger partial charge < -0.3 is 0 Å². The van der Waals surface area contributed by atoms with Gasteiger partial charge in [0.15, 0.2) is 0 Å². The molecule has 3 rings (SSSR count). The first-order valence-electron chi connectivity index (χ1n) is 6.12. The van der Waals surface area contributed by atoms with Crippen molar-refractivity contribution in [1.82, 2.24) is 9.97 Å². The summed E-state index contributed by atoms with van der Waals surface area (Å²) in [6, 6.07) is 5.90. The number of rotatable bonds is 0. The second-order valence-corrected chi connectivity index (χ2v) is 4.76. The highest BCUT2D eigenvalue weighted by molar-refractivity contribution is 6.01. The van der Waals surface area contributed by atoms with Gasteiger partial charge in [-0.05, 0) is 37.1 Å². The van der Waals surface area contributed by atoms with E-state index in [4.69, 9.17) is 6.57 Å². The average molecular weight is 258 g/mol. The molecule has 94 valence electrons. The number of nitriles is 1. The zero-order valence-electron chi connectivity index (χ0n) is 11.1. The summed E-state index contributed by atoms with van der Waals surface area (Å²) in [4.78, 5) is 12.2. The molecule has 2 aromatic rings. The summed E-state index contributed by atoms with van der Waals surface area (Å²) in [6.45, 7) is 11.1. The summed E-state index contributed by atoms with van der Waals surface area (Å²) >= 11 is 0. The van der Waals surface area contributed by atoms with Gasteiger partial charge in [0, 0.05) is 29.1 Å². The van der Waals surface area contributed by atoms with Crippen LogP contribution in [0.5, 0.6) is 0 Å². The van der Waals surface area contributed by atoms with Crippen molar-refractivity contribution in [2.75, 3.05) is 0 Å². The molecule has 4 nitrogen and oxygen atoms in total. The lowest BCUT2D eigenvalue weighted by Gasteiger charge is -2.03. The monoisotopic (exact) mass is 258 g/mol. The number of pyridine rings is 2. The number of aryl methyl sites for hydroxylation is 2. The number of fused-ring (bicyclic) bond motifs is 3. The molecule has 0 aromatic carbocycles. The molecule has 1 aliphatic carbocycles. The number of hydrogen-bond donors (Lipinski definition) is 0. The van der Waals surface area contributed by atoms with Gasteiger partial charge in [-0.3, -0.25) is 9.97 Å². The van der Waals surface area contributed by atoms with Crippen LogP contribution in [0.25, 0.3) is 21.8 Å². The number of hydrogen-bond acceptors (Lipinski definition) is 3. The molecule has 2 aromatic heterocycles. The summed E-state index contributed by atoms with van der Waals surface area (Å²) < 4.78 is 0. The maximum absolute atomic E-state index is 9.21. The number of nitrogens with zero attached hydrogens (tertiary/aromatic N) is 4. The fourth-order valence-corrected chi connectivity index (χ4v) is 2.43. The van der Waals surface area contributed by atoms with Gasteiger partial charge in [0.05, 0.1) is 24.0 Å². The Morgan fingerprint density at radius 2 is 1.60 bits per heavy atom. The molecule has 0 saturated heterocycles. The molecule has 0 unspecified atom stereocenters. The van der Waals surface area contributed by atoms with Crippen molar-refractivity contribution in [2.45, 2.75) is 13.8 Å². The first-order chi connectivity index (χ1) is 9.65. The van der Waals surface area contributed by atoms with Crippen LogP contribution >= 0.6 is 0 Å². The van der Waals surface area contributed by atoms with Gasteiger partial charge in [-0.25, -0.2) is 10.1 Å². The summed E-state index contributed by atoms with van der Waals surface area (Å²) in [5, 5.41) is 9.21. The third kappa shape index (κ3) is 1.60. The van der Waals surface area contributed by atoms with E-state index in [1.807, 2.05) is 32.0 Å². The second kappa shape index (κ2) is 4.29. The first-order valence-corrected chi connectivity index (χ1v) is 6.12. The Balaban J connectivity index is 2.47. The third-order valence-electron chi connectivity index (χ3n) is 3.27. The van der Waals surface area contributed by atoms with Crippen molar-refractivity contribution >= 4 is 5.57 Å². The minimum absolute atomic E-state index is 0.0878.